The minimum absolute atomic E-state index is 0. The van der Waals surface area contributed by atoms with Gasteiger partial charge in [-0.15, -0.1) is 5.16 Å². The Balaban J connectivity index is -0.00000000333. The Kier molecular flexibility index (Phi) is 57.6. The van der Waals surface area contributed by atoms with Crippen LogP contribution < -0.4 is 59.1 Å². The van der Waals surface area contributed by atoms with Gasteiger partial charge in [-0.05, 0) is 0 Å². The van der Waals surface area contributed by atoms with Crippen LogP contribution in [0.4, 0.5) is 0 Å². The van der Waals surface area contributed by atoms with Crippen molar-refractivity contribution < 1.29 is 67.2 Å². The third kappa shape index (κ3) is 30.5. The van der Waals surface area contributed by atoms with Crippen molar-refractivity contribution in [1.29, 1.82) is 0 Å². The summed E-state index contributed by atoms with van der Waals surface area (Å²) in [4.78, 5) is 0. The molecule has 2 nitrogen and oxygen atoms in total. The van der Waals surface area contributed by atoms with Crippen LogP contribution in [0.1, 0.15) is 2.85 Å². The first kappa shape index (κ1) is 16.1. The van der Waals surface area contributed by atoms with Gasteiger partial charge in [0.15, 0.2) is 0 Å². The van der Waals surface area contributed by atoms with Crippen LogP contribution in [-0.2, 0) is 0 Å². The van der Waals surface area contributed by atoms with Crippen LogP contribution in [0.5, 0.6) is 0 Å². The molecule has 1 N–H and O–H groups in total. The molecular weight excluding hydrogens is 88.0 g/mol. The molecule has 22 valence electrons. The van der Waals surface area contributed by atoms with Crippen molar-refractivity contribution in [3.63, 3.8) is 0 Å². The molecule has 0 rings (SSSR count). The second kappa shape index (κ2) is 17.9. The first-order valence-corrected chi connectivity index (χ1v) is 0.516. The Morgan fingerprint density at radius 2 is 1.60 bits per heavy atom. The molecular formula is CH5NNa2O. The van der Waals surface area contributed by atoms with E-state index in [9.17, 15) is 0 Å². The summed E-state index contributed by atoms with van der Waals surface area (Å²) in [5.74, 6) is 0. The summed E-state index contributed by atoms with van der Waals surface area (Å²) in [7, 11) is 0. The largest absolute Gasteiger partial charge is 1.00 e. The Morgan fingerprint density at radius 1 is 1.60 bits per heavy atom. The van der Waals surface area contributed by atoms with Crippen LogP contribution in [0.15, 0.2) is 5.16 Å². The SMILES string of the molecule is C=NO.[H-].[H-].[Na+].[Na+]. The molecule has 0 atom stereocenters. The standard InChI is InChI=1S/CH3NO.2Na.2H/c1-2-3;;;;/h3H,1H2;;;;/q;2*+1;2*-1. The molecule has 0 aromatic heterocycles. The molecule has 0 aliphatic heterocycles. The normalized spacial score (nSPS) is 2.40. The van der Waals surface area contributed by atoms with Gasteiger partial charge in [0.25, 0.3) is 0 Å². The molecule has 0 radical (unpaired) electrons. The Bertz CT molecular complexity index is 23.2. The van der Waals surface area contributed by atoms with Gasteiger partial charge in [0.05, 0.1) is 0 Å². The van der Waals surface area contributed by atoms with E-state index < -0.39 is 0 Å². The van der Waals surface area contributed by atoms with E-state index in [1.54, 1.807) is 0 Å². The van der Waals surface area contributed by atoms with Crippen LogP contribution >= 0.6 is 0 Å². The van der Waals surface area contributed by atoms with Gasteiger partial charge < -0.3 is 8.06 Å². The first-order chi connectivity index (χ1) is 1.41. The average Bonchev–Trinajstić information content (AvgIpc) is 0.918. The summed E-state index contributed by atoms with van der Waals surface area (Å²) in [5.41, 5.74) is 0. The van der Waals surface area contributed by atoms with Crippen LogP contribution in [-0.4, -0.2) is 11.9 Å². The number of hydrogen-bond acceptors (Lipinski definition) is 2. The summed E-state index contributed by atoms with van der Waals surface area (Å²) in [6.07, 6.45) is 0. The molecule has 0 amide bonds. The third-order valence-corrected chi connectivity index (χ3v) is 0. The van der Waals surface area contributed by atoms with Crippen LogP contribution in [0, 0.1) is 0 Å². The fourth-order valence-electron chi connectivity index (χ4n) is 0. The molecule has 0 heterocycles. The van der Waals surface area contributed by atoms with Crippen LogP contribution in [0.3, 0.4) is 0 Å². The second-order valence-corrected chi connectivity index (χ2v) is 0.141. The van der Waals surface area contributed by atoms with Gasteiger partial charge in [-0.1, -0.05) is 0 Å². The van der Waals surface area contributed by atoms with Crippen molar-refractivity contribution in [3.05, 3.63) is 0 Å². The minimum Gasteiger partial charge on any atom is -1.00 e. The van der Waals surface area contributed by atoms with E-state index in [0.29, 0.717) is 0 Å². The van der Waals surface area contributed by atoms with Gasteiger partial charge in [0.1, 0.15) is 0 Å². The fourth-order valence-corrected chi connectivity index (χ4v) is 0. The molecule has 0 unspecified atom stereocenters. The summed E-state index contributed by atoms with van der Waals surface area (Å²) >= 11 is 0. The van der Waals surface area contributed by atoms with Gasteiger partial charge >= 0.3 is 59.1 Å². The van der Waals surface area contributed by atoms with Crippen molar-refractivity contribution in [2.24, 2.45) is 5.16 Å². The van der Waals surface area contributed by atoms with Gasteiger partial charge in [0, 0.05) is 6.72 Å². The topological polar surface area (TPSA) is 32.6 Å². The summed E-state index contributed by atoms with van der Waals surface area (Å²) in [6.45, 7) is 2.67. The molecule has 0 saturated carbocycles. The van der Waals surface area contributed by atoms with E-state index in [0.717, 1.165) is 0 Å². The summed E-state index contributed by atoms with van der Waals surface area (Å²) < 4.78 is 0. The van der Waals surface area contributed by atoms with E-state index in [1.165, 1.54) is 0 Å². The number of nitrogens with zero attached hydrogens (tertiary/aromatic N) is 1. The van der Waals surface area contributed by atoms with Crippen molar-refractivity contribution >= 4 is 6.72 Å². The Morgan fingerprint density at radius 3 is 1.60 bits per heavy atom. The third-order valence-electron chi connectivity index (χ3n) is 0. The van der Waals surface area contributed by atoms with Gasteiger partial charge in [0.2, 0.25) is 0 Å². The number of rotatable bonds is 0. The average molecular weight is 93.0 g/mol. The van der Waals surface area contributed by atoms with Gasteiger partial charge in [-0.25, -0.2) is 0 Å². The van der Waals surface area contributed by atoms with Crippen LogP contribution in [0.2, 0.25) is 0 Å². The monoisotopic (exact) mass is 93.0 g/mol. The molecule has 0 aliphatic carbocycles. The van der Waals surface area contributed by atoms with Crippen molar-refractivity contribution in [2.45, 2.75) is 0 Å². The van der Waals surface area contributed by atoms with E-state index in [1.807, 2.05) is 0 Å². The predicted molar refractivity (Wildman–Crippen MR) is 13.6 cm³/mol. The molecule has 5 heavy (non-hydrogen) atoms. The maximum atomic E-state index is 7.08. The quantitative estimate of drug-likeness (QED) is 0.138. The van der Waals surface area contributed by atoms with E-state index in [-0.39, 0.29) is 62.0 Å². The molecule has 0 spiro atoms. The molecule has 0 fully saturated rings. The first-order valence-electron chi connectivity index (χ1n) is 0.516. The van der Waals surface area contributed by atoms with Crippen LogP contribution in [0.25, 0.3) is 0 Å². The molecule has 0 saturated heterocycles. The zero-order chi connectivity index (χ0) is 2.71. The smallest absolute Gasteiger partial charge is 1.00 e. The van der Waals surface area contributed by atoms with E-state index in [2.05, 4.69) is 11.9 Å². The maximum absolute atomic E-state index is 7.08. The summed E-state index contributed by atoms with van der Waals surface area (Å²) in [6, 6.07) is 0. The van der Waals surface area contributed by atoms with Gasteiger partial charge in [-0.2, -0.15) is 0 Å². The zero-order valence-corrected chi connectivity index (χ0v) is 7.60. The minimum atomic E-state index is 0. The molecule has 0 bridgehead atoms. The van der Waals surface area contributed by atoms with E-state index >= 15 is 0 Å². The summed E-state index contributed by atoms with van der Waals surface area (Å²) in [5, 5.41) is 9.33. The maximum Gasteiger partial charge on any atom is 1.00 e. The second-order valence-electron chi connectivity index (χ2n) is 0.141. The Hall–Kier alpha value is 1.47. The Labute approximate surface area is 78.2 Å². The molecule has 0 aromatic rings. The van der Waals surface area contributed by atoms with Gasteiger partial charge in [-0.3, -0.25) is 0 Å². The molecule has 4 heteroatoms. The number of oxime groups is 1. The molecule has 0 aliphatic rings. The zero-order valence-electron chi connectivity index (χ0n) is 5.60. The van der Waals surface area contributed by atoms with E-state index in [4.69, 9.17) is 5.21 Å². The van der Waals surface area contributed by atoms with Crippen molar-refractivity contribution in [1.82, 2.24) is 0 Å². The fraction of sp³-hybridized carbons (Fsp3) is 0. The molecule has 0 aromatic carbocycles. The predicted octanol–water partition coefficient (Wildman–Crippen LogP) is -5.69. The number of hydrogen-bond donors (Lipinski definition) is 1. The van der Waals surface area contributed by atoms with Crippen molar-refractivity contribution in [3.8, 4) is 0 Å². The van der Waals surface area contributed by atoms with Crippen molar-refractivity contribution in [2.75, 3.05) is 0 Å².